The van der Waals surface area contributed by atoms with Crippen molar-refractivity contribution >= 4 is 22.8 Å². The normalized spacial score (nSPS) is 20.7. The second-order valence-electron chi connectivity index (χ2n) is 7.69. The van der Waals surface area contributed by atoms with Crippen molar-refractivity contribution in [2.45, 2.75) is 58.0 Å². The molecule has 2 amide bonds. The lowest BCUT2D eigenvalue weighted by atomic mass is 10.1. The Labute approximate surface area is 159 Å². The van der Waals surface area contributed by atoms with Gasteiger partial charge in [0.25, 0.3) is 0 Å². The van der Waals surface area contributed by atoms with Crippen molar-refractivity contribution in [2.75, 3.05) is 13.1 Å². The third-order valence-electron chi connectivity index (χ3n) is 5.99. The fourth-order valence-electron chi connectivity index (χ4n) is 4.59. The summed E-state index contributed by atoms with van der Waals surface area (Å²) in [6.45, 7) is 4.11. The molecule has 1 aliphatic heterocycles. The topological polar surface area (TPSA) is 67.2 Å². The smallest absolute Gasteiger partial charge is 0.225 e. The molecule has 1 aliphatic carbocycles. The molecular formula is C21H28N4O2. The fraction of sp³-hybridized carbons (Fsp3) is 0.571. The van der Waals surface area contributed by atoms with Gasteiger partial charge in [0.05, 0.1) is 17.0 Å². The molecular weight excluding hydrogens is 340 g/mol. The van der Waals surface area contributed by atoms with Crippen LogP contribution in [0, 0.1) is 5.92 Å². The van der Waals surface area contributed by atoms with Crippen molar-refractivity contribution in [3.05, 3.63) is 30.1 Å². The number of amides is 2. The van der Waals surface area contributed by atoms with Crippen LogP contribution in [0.15, 0.2) is 24.3 Å². The SMILES string of the molecule is CCn1c(CCNC(=O)C2CC(=O)N(C3CCCC3)C2)nc2ccccc21. The van der Waals surface area contributed by atoms with E-state index in [0.29, 0.717) is 32.0 Å². The molecule has 6 nitrogen and oxygen atoms in total. The highest BCUT2D eigenvalue weighted by Gasteiger charge is 2.38. The molecule has 0 bridgehead atoms. The minimum atomic E-state index is -0.205. The van der Waals surface area contributed by atoms with Gasteiger partial charge in [0.1, 0.15) is 5.82 Å². The number of fused-ring (bicyclic) bond motifs is 1. The second kappa shape index (κ2) is 7.71. The highest BCUT2D eigenvalue weighted by Crippen LogP contribution is 2.29. The van der Waals surface area contributed by atoms with E-state index in [4.69, 9.17) is 4.98 Å². The van der Waals surface area contributed by atoms with E-state index < -0.39 is 0 Å². The van der Waals surface area contributed by atoms with Crippen molar-refractivity contribution in [1.82, 2.24) is 19.8 Å². The van der Waals surface area contributed by atoms with E-state index in [0.717, 1.165) is 36.2 Å². The predicted molar refractivity (Wildman–Crippen MR) is 104 cm³/mol. The Hall–Kier alpha value is -2.37. The number of hydrogen-bond donors (Lipinski definition) is 1. The van der Waals surface area contributed by atoms with Crippen LogP contribution in [0.2, 0.25) is 0 Å². The fourth-order valence-corrected chi connectivity index (χ4v) is 4.59. The number of nitrogens with zero attached hydrogens (tertiary/aromatic N) is 3. The number of imidazole rings is 1. The minimum Gasteiger partial charge on any atom is -0.355 e. The van der Waals surface area contributed by atoms with Crippen LogP contribution < -0.4 is 5.32 Å². The van der Waals surface area contributed by atoms with E-state index >= 15 is 0 Å². The Morgan fingerprint density at radius 1 is 1.26 bits per heavy atom. The number of carbonyl (C=O) groups excluding carboxylic acids is 2. The van der Waals surface area contributed by atoms with Crippen molar-refractivity contribution in [1.29, 1.82) is 0 Å². The predicted octanol–water partition coefficient (Wildman–Crippen LogP) is 2.51. The second-order valence-corrected chi connectivity index (χ2v) is 7.69. The molecule has 1 N–H and O–H groups in total. The maximum atomic E-state index is 12.6. The summed E-state index contributed by atoms with van der Waals surface area (Å²) in [5, 5.41) is 3.03. The number of aromatic nitrogens is 2. The van der Waals surface area contributed by atoms with Gasteiger partial charge < -0.3 is 14.8 Å². The summed E-state index contributed by atoms with van der Waals surface area (Å²) < 4.78 is 2.20. The van der Waals surface area contributed by atoms with Gasteiger partial charge in [-0.25, -0.2) is 4.98 Å². The number of benzene rings is 1. The lowest BCUT2D eigenvalue weighted by molar-refractivity contribution is -0.130. The Kier molecular flexibility index (Phi) is 5.14. The molecule has 1 saturated carbocycles. The van der Waals surface area contributed by atoms with E-state index in [1.54, 1.807) is 0 Å². The third kappa shape index (κ3) is 3.57. The molecule has 2 aliphatic rings. The highest BCUT2D eigenvalue weighted by atomic mass is 16.2. The van der Waals surface area contributed by atoms with Gasteiger partial charge in [0.2, 0.25) is 11.8 Å². The molecule has 1 unspecified atom stereocenters. The molecule has 27 heavy (non-hydrogen) atoms. The Bertz CT molecular complexity index is 838. The summed E-state index contributed by atoms with van der Waals surface area (Å²) in [6.07, 6.45) is 5.63. The molecule has 2 fully saturated rings. The summed E-state index contributed by atoms with van der Waals surface area (Å²) in [5.74, 6) is 0.940. The lowest BCUT2D eigenvalue weighted by Crippen LogP contribution is -2.37. The monoisotopic (exact) mass is 368 g/mol. The van der Waals surface area contributed by atoms with Crippen LogP contribution in [0.4, 0.5) is 0 Å². The summed E-state index contributed by atoms with van der Waals surface area (Å²) in [5.41, 5.74) is 2.13. The molecule has 6 heteroatoms. The maximum Gasteiger partial charge on any atom is 0.225 e. The van der Waals surface area contributed by atoms with E-state index in [-0.39, 0.29) is 17.7 Å². The Morgan fingerprint density at radius 3 is 2.81 bits per heavy atom. The molecule has 1 atom stereocenters. The first-order valence-electron chi connectivity index (χ1n) is 10.2. The third-order valence-corrected chi connectivity index (χ3v) is 5.99. The molecule has 4 rings (SSSR count). The molecule has 2 heterocycles. The average molecular weight is 368 g/mol. The van der Waals surface area contributed by atoms with Gasteiger partial charge in [-0.2, -0.15) is 0 Å². The molecule has 144 valence electrons. The van der Waals surface area contributed by atoms with E-state index in [2.05, 4.69) is 22.9 Å². The molecule has 2 aromatic rings. The van der Waals surface area contributed by atoms with Crippen molar-refractivity contribution in [3.8, 4) is 0 Å². The van der Waals surface area contributed by atoms with Crippen LogP contribution in [0.3, 0.4) is 0 Å². The van der Waals surface area contributed by atoms with Gasteiger partial charge in [0, 0.05) is 38.5 Å². The van der Waals surface area contributed by atoms with Crippen molar-refractivity contribution < 1.29 is 9.59 Å². The van der Waals surface area contributed by atoms with Gasteiger partial charge in [-0.15, -0.1) is 0 Å². The lowest BCUT2D eigenvalue weighted by Gasteiger charge is -2.23. The molecule has 1 aromatic heterocycles. The zero-order valence-electron chi connectivity index (χ0n) is 16.0. The van der Waals surface area contributed by atoms with Crippen molar-refractivity contribution in [2.24, 2.45) is 5.92 Å². The average Bonchev–Trinajstić information content (AvgIpc) is 3.39. The number of likely N-dealkylation sites (tertiary alicyclic amines) is 1. The summed E-state index contributed by atoms with van der Waals surface area (Å²) in [6, 6.07) is 8.48. The number of nitrogens with one attached hydrogen (secondary N) is 1. The number of aryl methyl sites for hydroxylation is 1. The standard InChI is InChI=1S/C21H28N4O2/c1-2-24-18-10-6-5-9-17(18)23-19(24)11-12-22-21(27)15-13-20(26)25(14-15)16-7-3-4-8-16/h5-6,9-10,15-16H,2-4,7-8,11-14H2,1H3,(H,22,27). The number of hydrogen-bond acceptors (Lipinski definition) is 3. The van der Waals surface area contributed by atoms with Crippen molar-refractivity contribution in [3.63, 3.8) is 0 Å². The first kappa shape index (κ1) is 18.0. The zero-order valence-corrected chi connectivity index (χ0v) is 16.0. The Balaban J connectivity index is 1.33. The zero-order chi connectivity index (χ0) is 18.8. The van der Waals surface area contributed by atoms with Crippen LogP contribution in [0.25, 0.3) is 11.0 Å². The van der Waals surface area contributed by atoms with Crippen LogP contribution in [-0.4, -0.2) is 45.4 Å². The van der Waals surface area contributed by atoms with Crippen LogP contribution in [0.1, 0.15) is 44.9 Å². The van der Waals surface area contributed by atoms with E-state index in [1.165, 1.54) is 12.8 Å². The molecule has 1 aromatic carbocycles. The van der Waals surface area contributed by atoms with E-state index in [1.807, 2.05) is 23.1 Å². The van der Waals surface area contributed by atoms with Gasteiger partial charge in [-0.1, -0.05) is 25.0 Å². The largest absolute Gasteiger partial charge is 0.355 e. The van der Waals surface area contributed by atoms with Gasteiger partial charge >= 0.3 is 0 Å². The molecule has 1 saturated heterocycles. The highest BCUT2D eigenvalue weighted by molar-refractivity contribution is 5.89. The van der Waals surface area contributed by atoms with Crippen LogP contribution >= 0.6 is 0 Å². The number of rotatable bonds is 6. The maximum absolute atomic E-state index is 12.6. The number of para-hydroxylation sites is 2. The summed E-state index contributed by atoms with van der Waals surface area (Å²) >= 11 is 0. The first-order chi connectivity index (χ1) is 13.2. The van der Waals surface area contributed by atoms with Gasteiger partial charge in [-0.05, 0) is 31.9 Å². The summed E-state index contributed by atoms with van der Waals surface area (Å²) in [4.78, 5) is 31.5. The molecule has 0 radical (unpaired) electrons. The van der Waals surface area contributed by atoms with E-state index in [9.17, 15) is 9.59 Å². The van der Waals surface area contributed by atoms with Gasteiger partial charge in [-0.3, -0.25) is 9.59 Å². The Morgan fingerprint density at radius 2 is 2.04 bits per heavy atom. The summed E-state index contributed by atoms with van der Waals surface area (Å²) in [7, 11) is 0. The first-order valence-corrected chi connectivity index (χ1v) is 10.2. The quantitative estimate of drug-likeness (QED) is 0.852. The van der Waals surface area contributed by atoms with Gasteiger partial charge in [0.15, 0.2) is 0 Å². The van der Waals surface area contributed by atoms with Crippen LogP contribution in [-0.2, 0) is 22.6 Å². The number of carbonyl (C=O) groups is 2. The van der Waals surface area contributed by atoms with Crippen LogP contribution in [0.5, 0.6) is 0 Å². The minimum absolute atomic E-state index is 0.00278. The molecule has 0 spiro atoms.